The van der Waals surface area contributed by atoms with E-state index in [-0.39, 0.29) is 11.3 Å². The minimum absolute atomic E-state index is 0.0397. The lowest BCUT2D eigenvalue weighted by molar-refractivity contribution is -0.117. The number of benzene rings is 1. The summed E-state index contributed by atoms with van der Waals surface area (Å²) in [5.41, 5.74) is 3.47. The van der Waals surface area contributed by atoms with E-state index in [2.05, 4.69) is 50.4 Å². The number of aromatic amines is 2. The molecule has 0 saturated heterocycles. The molecule has 3 N–H and O–H groups in total. The molecule has 0 fully saturated rings. The number of hydrogen-bond acceptors (Lipinski definition) is 4. The number of carbonyl (C=O) groups is 1. The molecule has 7 nitrogen and oxygen atoms in total. The maximum Gasteiger partial charge on any atom is 0.225 e. The van der Waals surface area contributed by atoms with Crippen molar-refractivity contribution in [2.75, 3.05) is 5.32 Å². The monoisotopic (exact) mass is 282 g/mol. The van der Waals surface area contributed by atoms with Crippen LogP contribution < -0.4 is 5.32 Å². The van der Waals surface area contributed by atoms with Gasteiger partial charge in [0.15, 0.2) is 11.6 Å². The Bertz CT molecular complexity index is 846. The average molecular weight is 282 g/mol. The van der Waals surface area contributed by atoms with Crippen molar-refractivity contribution in [3.8, 4) is 11.6 Å². The maximum atomic E-state index is 11.8. The van der Waals surface area contributed by atoms with Crippen molar-refractivity contribution in [3.05, 3.63) is 24.0 Å². The van der Waals surface area contributed by atoms with Gasteiger partial charge >= 0.3 is 0 Å². The van der Waals surface area contributed by atoms with E-state index in [9.17, 15) is 4.79 Å². The lowest BCUT2D eigenvalue weighted by atomic mass is 9.78. The number of carbonyl (C=O) groups excluding carboxylic acids is 1. The molecule has 7 heteroatoms. The Hall–Kier alpha value is -2.70. The van der Waals surface area contributed by atoms with Gasteiger partial charge in [-0.1, -0.05) is 13.8 Å². The number of rotatable bonds is 1. The molecule has 1 aliphatic rings. The summed E-state index contributed by atoms with van der Waals surface area (Å²) in [7, 11) is 0. The number of aromatic nitrogens is 5. The van der Waals surface area contributed by atoms with Gasteiger partial charge in [-0.25, -0.2) is 9.97 Å². The molecular formula is C14H14N6O. The van der Waals surface area contributed by atoms with Gasteiger partial charge in [0.2, 0.25) is 5.91 Å². The van der Waals surface area contributed by atoms with Gasteiger partial charge in [0.05, 0.1) is 11.0 Å². The Morgan fingerprint density at radius 2 is 2.10 bits per heavy atom. The van der Waals surface area contributed by atoms with Crippen LogP contribution in [0.4, 0.5) is 5.69 Å². The van der Waals surface area contributed by atoms with E-state index in [1.54, 1.807) is 0 Å². The summed E-state index contributed by atoms with van der Waals surface area (Å²) in [6.45, 7) is 4.15. The van der Waals surface area contributed by atoms with E-state index in [0.29, 0.717) is 18.1 Å². The van der Waals surface area contributed by atoms with Crippen molar-refractivity contribution in [2.24, 2.45) is 0 Å². The number of hydrogen-bond donors (Lipinski definition) is 3. The Labute approximate surface area is 120 Å². The summed E-state index contributed by atoms with van der Waals surface area (Å²) >= 11 is 0. The highest BCUT2D eigenvalue weighted by Crippen LogP contribution is 2.39. The molecule has 1 aromatic carbocycles. The van der Waals surface area contributed by atoms with Crippen LogP contribution in [-0.2, 0) is 10.2 Å². The summed E-state index contributed by atoms with van der Waals surface area (Å²) in [4.78, 5) is 23.6. The van der Waals surface area contributed by atoms with Gasteiger partial charge in [-0.2, -0.15) is 5.10 Å². The normalized spacial score (nSPS) is 16.8. The molecule has 2 aromatic heterocycles. The van der Waals surface area contributed by atoms with Gasteiger partial charge < -0.3 is 10.3 Å². The smallest absolute Gasteiger partial charge is 0.225 e. The van der Waals surface area contributed by atoms with Gasteiger partial charge in [0, 0.05) is 17.5 Å². The van der Waals surface area contributed by atoms with Crippen LogP contribution in [-0.4, -0.2) is 31.1 Å². The van der Waals surface area contributed by atoms with Crippen LogP contribution in [0.3, 0.4) is 0 Å². The fourth-order valence-corrected chi connectivity index (χ4v) is 2.84. The van der Waals surface area contributed by atoms with E-state index in [1.165, 1.54) is 6.33 Å². The van der Waals surface area contributed by atoms with Crippen molar-refractivity contribution in [2.45, 2.75) is 25.7 Å². The lowest BCUT2D eigenvalue weighted by Gasteiger charge is -2.31. The van der Waals surface area contributed by atoms with Crippen LogP contribution in [0, 0.1) is 0 Å². The second-order valence-electron chi connectivity index (χ2n) is 5.94. The first kappa shape index (κ1) is 12.1. The molecule has 3 heterocycles. The molecule has 0 atom stereocenters. The Morgan fingerprint density at radius 1 is 1.24 bits per heavy atom. The fraction of sp³-hybridized carbons (Fsp3) is 0.286. The SMILES string of the molecule is CC1(C)CC(=O)Nc2cc3nc(-c4ncn[nH]4)[nH]c3cc21. The molecular weight excluding hydrogens is 268 g/mol. The molecule has 3 aromatic rings. The predicted octanol–water partition coefficient (Wildman–Crippen LogP) is 1.97. The fourth-order valence-electron chi connectivity index (χ4n) is 2.84. The molecule has 0 spiro atoms. The third-order valence-corrected chi connectivity index (χ3v) is 3.87. The molecule has 21 heavy (non-hydrogen) atoms. The molecule has 0 radical (unpaired) electrons. The Balaban J connectivity index is 1.92. The predicted molar refractivity (Wildman–Crippen MR) is 77.7 cm³/mol. The lowest BCUT2D eigenvalue weighted by Crippen LogP contribution is -2.32. The zero-order chi connectivity index (χ0) is 14.6. The first-order valence-corrected chi connectivity index (χ1v) is 6.73. The van der Waals surface area contributed by atoms with Crippen LogP contribution in [0.1, 0.15) is 25.8 Å². The minimum Gasteiger partial charge on any atom is -0.335 e. The highest BCUT2D eigenvalue weighted by molar-refractivity contribution is 5.98. The van der Waals surface area contributed by atoms with Crippen LogP contribution in [0.15, 0.2) is 18.5 Å². The van der Waals surface area contributed by atoms with Crippen LogP contribution in [0.5, 0.6) is 0 Å². The Kier molecular flexibility index (Phi) is 2.25. The first-order valence-electron chi connectivity index (χ1n) is 6.73. The molecule has 106 valence electrons. The van der Waals surface area contributed by atoms with Crippen LogP contribution in [0.25, 0.3) is 22.7 Å². The van der Waals surface area contributed by atoms with E-state index in [4.69, 9.17) is 0 Å². The molecule has 1 amide bonds. The summed E-state index contributed by atoms with van der Waals surface area (Å²) in [5, 5.41) is 9.53. The van der Waals surface area contributed by atoms with E-state index in [0.717, 1.165) is 22.3 Å². The van der Waals surface area contributed by atoms with Gasteiger partial charge in [-0.15, -0.1) is 0 Å². The maximum absolute atomic E-state index is 11.8. The number of amides is 1. The van der Waals surface area contributed by atoms with E-state index < -0.39 is 0 Å². The second kappa shape index (κ2) is 3.91. The average Bonchev–Trinajstić information content (AvgIpc) is 3.04. The number of anilines is 1. The first-order chi connectivity index (χ1) is 10.0. The third-order valence-electron chi connectivity index (χ3n) is 3.87. The number of imidazole rings is 1. The van der Waals surface area contributed by atoms with Gasteiger partial charge in [0.1, 0.15) is 6.33 Å². The van der Waals surface area contributed by atoms with Gasteiger partial charge in [0.25, 0.3) is 0 Å². The molecule has 0 aliphatic carbocycles. The van der Waals surface area contributed by atoms with Crippen molar-refractivity contribution in [1.29, 1.82) is 0 Å². The van der Waals surface area contributed by atoms with E-state index in [1.807, 2.05) is 6.07 Å². The van der Waals surface area contributed by atoms with Crippen LogP contribution in [0.2, 0.25) is 0 Å². The summed E-state index contributed by atoms with van der Waals surface area (Å²) in [6.07, 6.45) is 1.92. The second-order valence-corrected chi connectivity index (χ2v) is 5.94. The van der Waals surface area contributed by atoms with Crippen molar-refractivity contribution in [1.82, 2.24) is 25.1 Å². The largest absolute Gasteiger partial charge is 0.335 e. The van der Waals surface area contributed by atoms with E-state index >= 15 is 0 Å². The minimum atomic E-state index is -0.191. The molecule has 0 saturated carbocycles. The summed E-state index contributed by atoms with van der Waals surface area (Å²) in [5.74, 6) is 1.26. The molecule has 1 aliphatic heterocycles. The quantitative estimate of drug-likeness (QED) is 0.635. The number of fused-ring (bicyclic) bond motifs is 2. The van der Waals surface area contributed by atoms with Crippen LogP contribution >= 0.6 is 0 Å². The highest BCUT2D eigenvalue weighted by Gasteiger charge is 2.32. The molecule has 4 rings (SSSR count). The number of nitrogens with one attached hydrogen (secondary N) is 3. The van der Waals surface area contributed by atoms with Gasteiger partial charge in [-0.05, 0) is 17.7 Å². The highest BCUT2D eigenvalue weighted by atomic mass is 16.1. The molecule has 0 bridgehead atoms. The van der Waals surface area contributed by atoms with Crippen molar-refractivity contribution >= 4 is 22.6 Å². The topological polar surface area (TPSA) is 99.3 Å². The standard InChI is InChI=1S/C14H14N6O/c1-14(2)5-11(21)17-8-4-10-9(3-7(8)14)18-13(19-10)12-15-6-16-20-12/h3-4,6H,5H2,1-2H3,(H,17,21)(H,18,19)(H,15,16,20). The summed E-state index contributed by atoms with van der Waals surface area (Å²) in [6, 6.07) is 3.96. The molecule has 0 unspecified atom stereocenters. The van der Waals surface area contributed by atoms with Crippen molar-refractivity contribution in [3.63, 3.8) is 0 Å². The third kappa shape index (κ3) is 1.81. The van der Waals surface area contributed by atoms with Crippen molar-refractivity contribution < 1.29 is 4.79 Å². The summed E-state index contributed by atoms with van der Waals surface area (Å²) < 4.78 is 0. The zero-order valence-electron chi connectivity index (χ0n) is 11.7. The zero-order valence-corrected chi connectivity index (χ0v) is 11.7. The number of nitrogens with zero attached hydrogens (tertiary/aromatic N) is 3. The Morgan fingerprint density at radius 3 is 2.86 bits per heavy atom. The number of H-pyrrole nitrogens is 2. The van der Waals surface area contributed by atoms with Gasteiger partial charge in [-0.3, -0.25) is 9.89 Å².